The number of nitro groups is 1. The van der Waals surface area contributed by atoms with E-state index in [1.54, 1.807) is 12.1 Å². The number of carbonyl (C=O) groups excluding carboxylic acids is 1. The molecule has 18 heavy (non-hydrogen) atoms. The zero-order valence-electron chi connectivity index (χ0n) is 9.23. The van der Waals surface area contributed by atoms with E-state index >= 15 is 0 Å². The number of hydrogen-bond acceptors (Lipinski definition) is 3. The van der Waals surface area contributed by atoms with Gasteiger partial charge in [-0.05, 0) is 17.7 Å². The Balaban J connectivity index is 2.38. The summed E-state index contributed by atoms with van der Waals surface area (Å²) in [5, 5.41) is 14.4. The molecule has 0 radical (unpaired) electrons. The minimum Gasteiger partial charge on any atom is -0.343 e. The molecule has 0 saturated carbocycles. The van der Waals surface area contributed by atoms with Gasteiger partial charge >= 0.3 is 0 Å². The topological polar surface area (TPSA) is 72.2 Å². The first-order chi connectivity index (χ1) is 8.49. The third-order valence-corrected chi connectivity index (χ3v) is 3.50. The second-order valence-electron chi connectivity index (χ2n) is 4.10. The van der Waals surface area contributed by atoms with E-state index < -0.39 is 12.1 Å². The fourth-order valence-electron chi connectivity index (χ4n) is 2.05. The van der Waals surface area contributed by atoms with Gasteiger partial charge in [0.2, 0.25) is 11.9 Å². The van der Waals surface area contributed by atoms with Crippen molar-refractivity contribution in [1.29, 1.82) is 0 Å². The van der Waals surface area contributed by atoms with Gasteiger partial charge in [0.15, 0.2) is 0 Å². The quantitative estimate of drug-likeness (QED) is 0.671. The van der Waals surface area contributed by atoms with E-state index in [1.165, 1.54) is 6.07 Å². The van der Waals surface area contributed by atoms with Crippen LogP contribution in [-0.4, -0.2) is 16.9 Å². The Morgan fingerprint density at radius 2 is 2.11 bits per heavy atom. The lowest BCUT2D eigenvalue weighted by Gasteiger charge is -2.27. The zero-order chi connectivity index (χ0) is 13.3. The van der Waals surface area contributed by atoms with Gasteiger partial charge in [0.05, 0.1) is 0 Å². The second-order valence-corrected chi connectivity index (χ2v) is 4.95. The molecule has 1 fully saturated rings. The fraction of sp³-hybridized carbons (Fsp3) is 0.364. The summed E-state index contributed by atoms with van der Waals surface area (Å²) < 4.78 is 0. The Hall–Kier alpha value is -1.33. The Kier molecular flexibility index (Phi) is 3.73. The lowest BCUT2D eigenvalue weighted by Crippen LogP contribution is -2.45. The van der Waals surface area contributed by atoms with Crippen LogP contribution in [-0.2, 0) is 4.79 Å². The van der Waals surface area contributed by atoms with E-state index in [-0.39, 0.29) is 23.7 Å². The number of nitrogens with one attached hydrogen (secondary N) is 1. The van der Waals surface area contributed by atoms with Crippen molar-refractivity contribution in [2.45, 2.75) is 24.9 Å². The van der Waals surface area contributed by atoms with Crippen molar-refractivity contribution in [1.82, 2.24) is 5.32 Å². The average Bonchev–Trinajstić information content (AvgIpc) is 2.28. The summed E-state index contributed by atoms with van der Waals surface area (Å²) in [6, 6.07) is 3.15. The van der Waals surface area contributed by atoms with Crippen LogP contribution in [0.3, 0.4) is 0 Å². The molecule has 7 heteroatoms. The van der Waals surface area contributed by atoms with Crippen molar-refractivity contribution >= 4 is 29.1 Å². The van der Waals surface area contributed by atoms with Crippen molar-refractivity contribution in [2.75, 3.05) is 0 Å². The van der Waals surface area contributed by atoms with Gasteiger partial charge in [-0.2, -0.15) is 0 Å². The van der Waals surface area contributed by atoms with Crippen LogP contribution in [0, 0.1) is 10.1 Å². The van der Waals surface area contributed by atoms with Gasteiger partial charge in [0, 0.05) is 27.8 Å². The summed E-state index contributed by atoms with van der Waals surface area (Å²) >= 11 is 11.8. The third kappa shape index (κ3) is 2.57. The van der Waals surface area contributed by atoms with E-state index in [9.17, 15) is 14.9 Å². The minimum atomic E-state index is -0.860. The molecule has 1 aromatic carbocycles. The van der Waals surface area contributed by atoms with Crippen LogP contribution in [0.2, 0.25) is 10.0 Å². The van der Waals surface area contributed by atoms with Crippen LogP contribution in [0.1, 0.15) is 24.4 Å². The molecule has 1 aliphatic rings. The number of benzene rings is 1. The fourth-order valence-corrected chi connectivity index (χ4v) is 2.58. The van der Waals surface area contributed by atoms with Gasteiger partial charge in [-0.15, -0.1) is 0 Å². The molecular weight excluding hydrogens is 279 g/mol. The normalized spacial score (nSPS) is 23.6. The van der Waals surface area contributed by atoms with Crippen molar-refractivity contribution in [3.63, 3.8) is 0 Å². The van der Waals surface area contributed by atoms with Crippen molar-refractivity contribution < 1.29 is 9.72 Å². The van der Waals surface area contributed by atoms with Crippen LogP contribution in [0.25, 0.3) is 0 Å². The molecule has 1 aliphatic heterocycles. The van der Waals surface area contributed by atoms with Crippen LogP contribution in [0.15, 0.2) is 18.2 Å². The largest absolute Gasteiger partial charge is 0.343 e. The summed E-state index contributed by atoms with van der Waals surface area (Å²) in [4.78, 5) is 22.0. The molecule has 1 amide bonds. The molecule has 0 aliphatic carbocycles. The predicted molar refractivity (Wildman–Crippen MR) is 67.4 cm³/mol. The highest BCUT2D eigenvalue weighted by Gasteiger charge is 2.38. The first-order valence-corrected chi connectivity index (χ1v) is 6.12. The maximum Gasteiger partial charge on any atom is 0.237 e. The summed E-state index contributed by atoms with van der Waals surface area (Å²) in [5.41, 5.74) is 0.524. The Labute approximate surface area is 113 Å². The van der Waals surface area contributed by atoms with Crippen molar-refractivity contribution in [2.24, 2.45) is 0 Å². The maximum absolute atomic E-state index is 11.4. The van der Waals surface area contributed by atoms with Gasteiger partial charge in [-0.3, -0.25) is 14.9 Å². The number of rotatable bonds is 2. The summed E-state index contributed by atoms with van der Waals surface area (Å²) in [7, 11) is 0. The van der Waals surface area contributed by atoms with E-state index in [4.69, 9.17) is 23.2 Å². The number of nitrogens with zero attached hydrogens (tertiary/aromatic N) is 1. The lowest BCUT2D eigenvalue weighted by molar-refractivity contribution is -0.529. The van der Waals surface area contributed by atoms with Crippen LogP contribution >= 0.6 is 23.2 Å². The van der Waals surface area contributed by atoms with Gasteiger partial charge in [0.25, 0.3) is 0 Å². The zero-order valence-corrected chi connectivity index (χ0v) is 10.7. The molecule has 1 saturated heterocycles. The second kappa shape index (κ2) is 5.12. The third-order valence-electron chi connectivity index (χ3n) is 2.94. The molecule has 1 N–H and O–H groups in total. The standard InChI is InChI=1S/C11H10Cl2N2O3/c12-6-1-2-7(8(13)5-6)11-9(15(17)18)3-4-10(16)14-11/h1-2,5,9,11H,3-4H2,(H,14,16)/t9-,11+/m1/s1. The minimum absolute atomic E-state index is 0.160. The molecule has 0 unspecified atom stereocenters. The summed E-state index contributed by atoms with van der Waals surface area (Å²) in [5.74, 6) is -0.205. The Morgan fingerprint density at radius 3 is 2.72 bits per heavy atom. The Morgan fingerprint density at radius 1 is 1.39 bits per heavy atom. The SMILES string of the molecule is O=C1CC[C@@H]([N+](=O)[O-])[C@H](c2ccc(Cl)cc2Cl)N1. The Bertz CT molecular complexity index is 507. The number of piperidine rings is 1. The highest BCUT2D eigenvalue weighted by atomic mass is 35.5. The summed E-state index contributed by atoms with van der Waals surface area (Å²) in [6.07, 6.45) is 0.371. The predicted octanol–water partition coefficient (Wildman–Crippen LogP) is 2.59. The van der Waals surface area contributed by atoms with E-state index in [1.807, 2.05) is 0 Å². The van der Waals surface area contributed by atoms with E-state index in [0.717, 1.165) is 0 Å². The van der Waals surface area contributed by atoms with Crippen LogP contribution in [0.4, 0.5) is 0 Å². The number of carbonyl (C=O) groups is 1. The first-order valence-electron chi connectivity index (χ1n) is 5.37. The molecule has 0 spiro atoms. The monoisotopic (exact) mass is 288 g/mol. The summed E-state index contributed by atoms with van der Waals surface area (Å²) in [6.45, 7) is 0. The van der Waals surface area contributed by atoms with Gasteiger partial charge in [-0.25, -0.2) is 0 Å². The van der Waals surface area contributed by atoms with E-state index in [2.05, 4.69) is 5.32 Å². The average molecular weight is 289 g/mol. The molecular formula is C11H10Cl2N2O3. The smallest absolute Gasteiger partial charge is 0.237 e. The van der Waals surface area contributed by atoms with E-state index in [0.29, 0.717) is 15.6 Å². The van der Waals surface area contributed by atoms with Gasteiger partial charge < -0.3 is 5.32 Å². The molecule has 0 aromatic heterocycles. The van der Waals surface area contributed by atoms with Crippen molar-refractivity contribution in [3.05, 3.63) is 43.9 Å². The number of amides is 1. The van der Waals surface area contributed by atoms with Crippen molar-refractivity contribution in [3.8, 4) is 0 Å². The number of halogens is 2. The van der Waals surface area contributed by atoms with Crippen LogP contribution in [0.5, 0.6) is 0 Å². The van der Waals surface area contributed by atoms with Gasteiger partial charge in [-0.1, -0.05) is 29.3 Å². The molecule has 1 heterocycles. The highest BCUT2D eigenvalue weighted by molar-refractivity contribution is 6.35. The molecule has 5 nitrogen and oxygen atoms in total. The highest BCUT2D eigenvalue weighted by Crippen LogP contribution is 2.32. The molecule has 2 rings (SSSR count). The molecule has 96 valence electrons. The van der Waals surface area contributed by atoms with Gasteiger partial charge in [0.1, 0.15) is 6.04 Å². The maximum atomic E-state index is 11.4. The lowest BCUT2D eigenvalue weighted by atomic mass is 9.92. The first kappa shape index (κ1) is 13.1. The molecule has 2 atom stereocenters. The molecule has 1 aromatic rings. The number of hydrogen-bond donors (Lipinski definition) is 1. The van der Waals surface area contributed by atoms with Crippen LogP contribution < -0.4 is 5.32 Å². The molecule has 0 bridgehead atoms.